The van der Waals surface area contributed by atoms with E-state index >= 15 is 0 Å². The number of hydrogen-bond acceptors (Lipinski definition) is 23. The van der Waals surface area contributed by atoms with Crippen molar-refractivity contribution in [1.82, 2.24) is 49.8 Å². The van der Waals surface area contributed by atoms with Gasteiger partial charge in [0.2, 0.25) is 23.8 Å². The Morgan fingerprint density at radius 2 is 0.664 bits per heavy atom. The number of hydrogen-bond donors (Lipinski definition) is 11. The molecule has 125 heavy (non-hydrogen) atoms. The van der Waals surface area contributed by atoms with E-state index in [4.69, 9.17) is 48.1 Å². The highest BCUT2D eigenvalue weighted by Gasteiger charge is 2.37. The third-order valence-electron chi connectivity index (χ3n) is 28.0. The fourth-order valence-corrected chi connectivity index (χ4v) is 19.6. The minimum Gasteiger partial charge on any atom is -0.393 e. The molecule has 692 valence electrons. The maximum atomic E-state index is 11.8. The largest absolute Gasteiger partial charge is 0.393 e. The summed E-state index contributed by atoms with van der Waals surface area (Å²) in [6.45, 7) is 25.1. The van der Waals surface area contributed by atoms with Crippen LogP contribution < -0.4 is 55.3 Å². The molecule has 0 spiro atoms. The topological polar surface area (TPSA) is 443 Å². The summed E-state index contributed by atoms with van der Waals surface area (Å²) in [4.78, 5) is 104. The second-order valence-electron chi connectivity index (χ2n) is 38.7. The van der Waals surface area contributed by atoms with E-state index in [1.165, 1.54) is 122 Å². The molecule has 9 aliphatic carbocycles. The van der Waals surface area contributed by atoms with Gasteiger partial charge in [-0.2, -0.15) is 0 Å². The first kappa shape index (κ1) is 98.8. The average Bonchev–Trinajstić information content (AvgIpc) is 1.50. The fraction of sp³-hybridized carbons (Fsp3) is 0.742. The van der Waals surface area contributed by atoms with E-state index in [1.807, 2.05) is 34.6 Å². The van der Waals surface area contributed by atoms with Gasteiger partial charge in [-0.1, -0.05) is 92.9 Å². The molecule has 28 heteroatoms. The van der Waals surface area contributed by atoms with Gasteiger partial charge in [0.05, 0.1) is 68.9 Å². The molecule has 9 aliphatic rings. The van der Waals surface area contributed by atoms with Gasteiger partial charge >= 0.3 is 0 Å². The molecule has 6 atom stereocenters. The second-order valence-corrected chi connectivity index (χ2v) is 38.7. The first-order chi connectivity index (χ1) is 60.1. The number of carbonyl (C=O) groups excluding carboxylic acids is 5. The molecule has 14 rings (SSSR count). The zero-order valence-electron chi connectivity index (χ0n) is 77.6. The molecular formula is C97H156N20O8. The number of nitrogens with zero attached hydrogens (tertiary/aromatic N) is 10. The van der Waals surface area contributed by atoms with Crippen LogP contribution in [0.4, 0.5) is 29.6 Å². The van der Waals surface area contributed by atoms with E-state index in [0.717, 1.165) is 213 Å². The van der Waals surface area contributed by atoms with Crippen molar-refractivity contribution in [2.75, 3.05) is 39.8 Å². The van der Waals surface area contributed by atoms with Crippen molar-refractivity contribution in [2.45, 2.75) is 381 Å². The molecule has 0 saturated heterocycles. The molecule has 28 nitrogen and oxygen atoms in total. The fourth-order valence-electron chi connectivity index (χ4n) is 19.6. The molecular weight excluding hydrogens is 1570 g/mol. The molecule has 9 fully saturated rings. The van der Waals surface area contributed by atoms with Gasteiger partial charge in [-0.05, 0) is 299 Å². The Balaban J connectivity index is 0.000000163. The number of aliphatic hydroxyl groups is 1. The molecule has 16 N–H and O–H groups in total. The SMILES string of the molecule is CC(C)(C)Nc1nc(C[C@@H]2CCCC[C@H](O)C2)ncc1C(N)=O.CCC1CCC(Nc2ncc(C(N)=O)c(C[C@@H](CC)C3CC3)n2)CC1.CCC1CCC(Nc2ncc(C(N)=O)c(C[C@H](CC)C3CC3)n2)CC1.CCOC1CCC(Nc2ncc(C(N)=O)c(C[C@@H](CC)C3CC3)n2)CC1.CCOC1CCC(Nc2ncc(C(N)=O)c(C[C@H](CC)C3CC3)n2)CC1. The van der Waals surface area contributed by atoms with Crippen molar-refractivity contribution in [2.24, 2.45) is 93.8 Å². The average molecular weight is 1730 g/mol. The lowest BCUT2D eigenvalue weighted by molar-refractivity contribution is 0.0345. The molecule has 0 unspecified atom stereocenters. The lowest BCUT2D eigenvalue weighted by Gasteiger charge is -2.29. The molecule has 5 aromatic rings. The third-order valence-corrected chi connectivity index (χ3v) is 28.0. The predicted molar refractivity (Wildman–Crippen MR) is 495 cm³/mol. The van der Waals surface area contributed by atoms with Crippen LogP contribution in [0.1, 0.15) is 381 Å². The Labute approximate surface area is 745 Å². The van der Waals surface area contributed by atoms with Crippen LogP contribution in [0.2, 0.25) is 0 Å². The number of amides is 5. The summed E-state index contributed by atoms with van der Waals surface area (Å²) < 4.78 is 11.4. The van der Waals surface area contributed by atoms with E-state index in [0.29, 0.717) is 129 Å². The van der Waals surface area contributed by atoms with Gasteiger partial charge in [-0.25, -0.2) is 49.8 Å². The molecule has 5 amide bonds. The zero-order valence-corrected chi connectivity index (χ0v) is 77.6. The van der Waals surface area contributed by atoms with E-state index in [9.17, 15) is 29.1 Å². The Kier molecular flexibility index (Phi) is 38.9. The van der Waals surface area contributed by atoms with Gasteiger partial charge in [0, 0.05) is 80.3 Å². The van der Waals surface area contributed by atoms with Crippen LogP contribution in [0.3, 0.4) is 0 Å². The number of anilines is 5. The first-order valence-electron chi connectivity index (χ1n) is 48.7. The number of carbonyl (C=O) groups is 5. The van der Waals surface area contributed by atoms with Crippen LogP contribution in [0.5, 0.6) is 0 Å². The second kappa shape index (κ2) is 49.3. The first-order valence-corrected chi connectivity index (χ1v) is 48.7. The molecule has 0 radical (unpaired) electrons. The summed E-state index contributed by atoms with van der Waals surface area (Å²) in [7, 11) is 0. The summed E-state index contributed by atoms with van der Waals surface area (Å²) in [6.07, 6.45) is 53.2. The summed E-state index contributed by atoms with van der Waals surface area (Å²) in [5, 5.41) is 27.1. The molecule has 0 bridgehead atoms. The summed E-state index contributed by atoms with van der Waals surface area (Å²) >= 11 is 0. The molecule has 9 saturated carbocycles. The van der Waals surface area contributed by atoms with Gasteiger partial charge in [-0.3, -0.25) is 24.0 Å². The number of nitrogens with two attached hydrogens (primary N) is 5. The van der Waals surface area contributed by atoms with Gasteiger partial charge < -0.3 is 69.8 Å². The van der Waals surface area contributed by atoms with E-state index < -0.39 is 29.5 Å². The number of nitrogens with one attached hydrogen (secondary N) is 5. The summed E-state index contributed by atoms with van der Waals surface area (Å²) in [6, 6.07) is 1.62. The Morgan fingerprint density at radius 3 is 0.928 bits per heavy atom. The van der Waals surface area contributed by atoms with Crippen molar-refractivity contribution in [3.05, 3.63) is 87.4 Å². The van der Waals surface area contributed by atoms with Crippen LogP contribution in [0, 0.1) is 65.1 Å². The third kappa shape index (κ3) is 32.4. The van der Waals surface area contributed by atoms with Crippen molar-refractivity contribution in [3.8, 4) is 0 Å². The zero-order chi connectivity index (χ0) is 89.7. The summed E-state index contributed by atoms with van der Waals surface area (Å²) in [5.41, 5.74) is 32.9. The van der Waals surface area contributed by atoms with Crippen molar-refractivity contribution in [1.29, 1.82) is 0 Å². The maximum absolute atomic E-state index is 11.8. The highest BCUT2D eigenvalue weighted by molar-refractivity contribution is 5.97. The highest BCUT2D eigenvalue weighted by Crippen LogP contribution is 2.44. The number of aliphatic hydroxyl groups excluding tert-OH is 1. The van der Waals surface area contributed by atoms with Gasteiger partial charge in [0.25, 0.3) is 29.5 Å². The quantitative estimate of drug-likeness (QED) is 0.0164. The van der Waals surface area contributed by atoms with Crippen molar-refractivity contribution >= 4 is 59.1 Å². The molecule has 5 aromatic heterocycles. The summed E-state index contributed by atoms with van der Waals surface area (Å²) in [5.74, 6) is 9.12. The number of primary amides is 5. The van der Waals surface area contributed by atoms with Gasteiger partial charge in [0.1, 0.15) is 11.6 Å². The minimum atomic E-state index is -0.534. The molecule has 0 aromatic carbocycles. The molecule has 0 aliphatic heterocycles. The molecule has 5 heterocycles. The standard InChI is InChI=1S/2C20H32N4O2.2C20H32N4O.C17H28N4O2/c2*1-3-13(14-5-6-14)11-18-17(19(21)25)12-22-20(24-18)23-15-7-9-16(10-8-15)26-4-2;2*1-3-13-5-9-16(10-6-13)23-20-22-12-17(19(21)25)18(24-20)11-14(4-2)15-7-8-15;1-17(2,3)21-16-13(15(18)23)10-19-14(20-16)9-11-6-4-5-7-12(22)8-11/h2*12-16H,3-11H2,1-2H3,(H2,21,25)(H,22,23,24);2*12-16H,3-11H2,1-2H3,(H2,21,25)(H,22,23,24);10-12,22H,4-9H2,1-3H3,(H2,18,23)(H,19,20,21)/t2*13-,15?,16?;2*13?,14-,16?;11-,12+/m10101/s1. The van der Waals surface area contributed by atoms with Gasteiger partial charge in [0.15, 0.2) is 0 Å². The lowest BCUT2D eigenvalue weighted by atomic mass is 9.84. The number of ether oxygens (including phenoxy) is 2. The lowest BCUT2D eigenvalue weighted by Crippen LogP contribution is -2.30. The Bertz CT molecular complexity index is 3960. The van der Waals surface area contributed by atoms with Crippen LogP contribution in [0.15, 0.2) is 31.0 Å². The van der Waals surface area contributed by atoms with E-state index in [2.05, 4.69) is 108 Å². The highest BCUT2D eigenvalue weighted by atomic mass is 16.5. The Hall–Kier alpha value is -8.37. The van der Waals surface area contributed by atoms with Gasteiger partial charge in [-0.15, -0.1) is 0 Å². The minimum absolute atomic E-state index is 0.223. The maximum Gasteiger partial charge on any atom is 0.254 e. The monoisotopic (exact) mass is 1730 g/mol. The Morgan fingerprint density at radius 1 is 0.376 bits per heavy atom. The number of rotatable bonds is 38. The van der Waals surface area contributed by atoms with Crippen LogP contribution in [0.25, 0.3) is 0 Å². The van der Waals surface area contributed by atoms with Crippen LogP contribution >= 0.6 is 0 Å². The van der Waals surface area contributed by atoms with Crippen molar-refractivity contribution < 1.29 is 38.6 Å². The predicted octanol–water partition coefficient (Wildman–Crippen LogP) is 16.8. The van der Waals surface area contributed by atoms with Crippen molar-refractivity contribution in [3.63, 3.8) is 0 Å². The van der Waals surface area contributed by atoms with Crippen LogP contribution in [-0.2, 0) is 41.6 Å². The van der Waals surface area contributed by atoms with Crippen LogP contribution in [-0.4, -0.2) is 146 Å². The van der Waals surface area contributed by atoms with E-state index in [-0.39, 0.29) is 11.6 Å². The number of aromatic nitrogens is 10. The normalized spacial score (nSPS) is 24.1. The van der Waals surface area contributed by atoms with E-state index in [1.54, 1.807) is 24.8 Å². The smallest absolute Gasteiger partial charge is 0.254 e.